The Hall–Kier alpha value is -2.33. The lowest BCUT2D eigenvalue weighted by Crippen LogP contribution is -2.35. The zero-order valence-electron chi connectivity index (χ0n) is 19.7. The molecule has 1 saturated heterocycles. The number of hydrogen-bond donors (Lipinski definition) is 3. The van der Waals surface area contributed by atoms with Gasteiger partial charge in [-0.15, -0.1) is 0 Å². The van der Waals surface area contributed by atoms with Gasteiger partial charge < -0.3 is 24.4 Å². The number of rotatable bonds is 8. The Labute approximate surface area is 214 Å². The molecule has 2 aromatic rings. The quantitative estimate of drug-likeness (QED) is 0.232. The van der Waals surface area contributed by atoms with Crippen LogP contribution in [-0.4, -0.2) is 50.6 Å². The molecule has 0 bridgehead atoms. The van der Waals surface area contributed by atoms with Gasteiger partial charge in [0.2, 0.25) is 0 Å². The second-order valence-corrected chi connectivity index (χ2v) is 10.5. The number of halogens is 1. The van der Waals surface area contributed by atoms with Crippen LogP contribution in [0, 0.1) is 19.1 Å². The zero-order chi connectivity index (χ0) is 26.1. The van der Waals surface area contributed by atoms with Gasteiger partial charge in [0.1, 0.15) is 18.1 Å². The molecule has 1 aromatic carbocycles. The van der Waals surface area contributed by atoms with Crippen molar-refractivity contribution < 1.29 is 29.3 Å². The van der Waals surface area contributed by atoms with E-state index in [2.05, 4.69) is 4.98 Å². The first-order valence-electron chi connectivity index (χ1n) is 10.8. The lowest BCUT2D eigenvalue weighted by atomic mass is 9.83. The summed E-state index contributed by atoms with van der Waals surface area (Å²) in [5, 5.41) is 31.1. The first kappa shape index (κ1) is 27.3. The normalized spacial score (nSPS) is 21.2. The third-order valence-electron chi connectivity index (χ3n) is 5.71. The summed E-state index contributed by atoms with van der Waals surface area (Å²) in [5.74, 6) is 0.450. The van der Waals surface area contributed by atoms with Gasteiger partial charge in [-0.3, -0.25) is 24.5 Å². The maximum Gasteiger partial charge on any atom is 0.330 e. The van der Waals surface area contributed by atoms with E-state index in [0.29, 0.717) is 9.32 Å². The summed E-state index contributed by atoms with van der Waals surface area (Å²) in [6.07, 6.45) is -2.18. The number of nitro benzene ring substituents is 1. The Morgan fingerprint density at radius 1 is 1.37 bits per heavy atom. The summed E-state index contributed by atoms with van der Waals surface area (Å²) in [4.78, 5) is 38.4. The predicted molar refractivity (Wildman–Crippen MR) is 132 cm³/mol. The van der Waals surface area contributed by atoms with Crippen molar-refractivity contribution in [2.45, 2.75) is 58.3 Å². The molecule has 13 heteroatoms. The van der Waals surface area contributed by atoms with Gasteiger partial charge in [-0.1, -0.05) is 20.8 Å². The van der Waals surface area contributed by atoms with Crippen LogP contribution >= 0.6 is 22.6 Å². The average molecular weight is 605 g/mol. The van der Waals surface area contributed by atoms with Crippen LogP contribution in [-0.2, 0) is 16.1 Å². The molecular formula is C22H28IN3O9. The van der Waals surface area contributed by atoms with Crippen molar-refractivity contribution in [3.05, 3.63) is 64.0 Å². The topological polar surface area (TPSA) is 166 Å². The molecule has 1 fully saturated rings. The fraction of sp³-hybridized carbons (Fsp3) is 0.545. The summed E-state index contributed by atoms with van der Waals surface area (Å²) in [5.41, 5.74) is -1.79. The Bertz CT molecular complexity index is 1200. The fourth-order valence-electron chi connectivity index (χ4n) is 3.96. The highest BCUT2D eigenvalue weighted by Gasteiger charge is 2.36. The van der Waals surface area contributed by atoms with Crippen molar-refractivity contribution in [3.63, 3.8) is 0 Å². The number of methoxy groups -OCH3 is 1. The van der Waals surface area contributed by atoms with Gasteiger partial charge in [0.15, 0.2) is 0 Å². The van der Waals surface area contributed by atoms with Crippen LogP contribution in [0.15, 0.2) is 27.9 Å². The lowest BCUT2D eigenvalue weighted by Gasteiger charge is -2.31. The van der Waals surface area contributed by atoms with E-state index in [1.807, 2.05) is 43.4 Å². The standard InChI is InChI=1S/C22H28IN3O9/c1-22(2,3)19(12-5-16(33-4)13(23)6-14(12)26(31)32)34-10-11-8-25(21(30)24-20(11)29)18-7-15(28)17(9-27)35-18/h5-6,8,15,17-19,27-28H,7,9-10H2,1-4H3,(H,24,29,30)/t15?,17-,18-,19-/m1/s1. The number of nitro groups is 1. The van der Waals surface area contributed by atoms with Crippen molar-refractivity contribution in [3.8, 4) is 5.75 Å². The SMILES string of the molecule is COc1cc([C@@H](OCc2cn([C@H]3CC(O)[C@@H](CO)O3)c(=O)[nH]c2=O)C(C)(C)C)c([N+](=O)[O-])cc1I. The maximum atomic E-state index is 12.5. The molecule has 1 aliphatic heterocycles. The lowest BCUT2D eigenvalue weighted by molar-refractivity contribution is -0.386. The highest BCUT2D eigenvalue weighted by Crippen LogP contribution is 2.43. The number of benzene rings is 1. The number of nitrogens with zero attached hydrogens (tertiary/aromatic N) is 2. The van der Waals surface area contributed by atoms with Crippen molar-refractivity contribution in [1.29, 1.82) is 0 Å². The number of ether oxygens (including phenoxy) is 3. The van der Waals surface area contributed by atoms with Crippen molar-refractivity contribution in [2.75, 3.05) is 13.7 Å². The van der Waals surface area contributed by atoms with Crippen LogP contribution in [0.3, 0.4) is 0 Å². The monoisotopic (exact) mass is 605 g/mol. The molecule has 4 atom stereocenters. The molecule has 35 heavy (non-hydrogen) atoms. The van der Waals surface area contributed by atoms with E-state index >= 15 is 0 Å². The second kappa shape index (κ2) is 10.7. The van der Waals surface area contributed by atoms with E-state index in [4.69, 9.17) is 14.2 Å². The first-order chi connectivity index (χ1) is 16.4. The third kappa shape index (κ3) is 5.91. The predicted octanol–water partition coefficient (Wildman–Crippen LogP) is 2.00. The summed E-state index contributed by atoms with van der Waals surface area (Å²) in [7, 11) is 1.46. The Morgan fingerprint density at radius 3 is 2.60 bits per heavy atom. The molecule has 3 rings (SSSR count). The molecule has 2 heterocycles. The number of H-pyrrole nitrogens is 1. The number of aromatic nitrogens is 2. The van der Waals surface area contributed by atoms with E-state index in [1.165, 1.54) is 19.4 Å². The molecule has 1 aromatic heterocycles. The Morgan fingerprint density at radius 2 is 2.06 bits per heavy atom. The fourth-order valence-corrected chi connectivity index (χ4v) is 4.63. The molecule has 192 valence electrons. The number of hydrogen-bond acceptors (Lipinski definition) is 9. The van der Waals surface area contributed by atoms with E-state index in [1.54, 1.807) is 6.07 Å². The van der Waals surface area contributed by atoms with Gasteiger partial charge in [-0.2, -0.15) is 0 Å². The van der Waals surface area contributed by atoms with Gasteiger partial charge in [0.05, 0.1) is 52.2 Å². The maximum absolute atomic E-state index is 12.5. The van der Waals surface area contributed by atoms with Crippen LogP contribution in [0.5, 0.6) is 5.75 Å². The highest BCUT2D eigenvalue weighted by atomic mass is 127. The zero-order valence-corrected chi connectivity index (χ0v) is 21.8. The van der Waals surface area contributed by atoms with Gasteiger partial charge >= 0.3 is 5.69 Å². The number of aromatic amines is 1. The van der Waals surface area contributed by atoms with Gasteiger partial charge in [-0.25, -0.2) is 4.79 Å². The van der Waals surface area contributed by atoms with E-state index < -0.39 is 52.7 Å². The van der Waals surface area contributed by atoms with Crippen LogP contribution in [0.25, 0.3) is 0 Å². The minimum Gasteiger partial charge on any atom is -0.496 e. The summed E-state index contributed by atoms with van der Waals surface area (Å²) >= 11 is 1.95. The van der Waals surface area contributed by atoms with Crippen LogP contribution < -0.4 is 16.0 Å². The van der Waals surface area contributed by atoms with Crippen LogP contribution in [0.1, 0.15) is 50.7 Å². The molecule has 0 saturated carbocycles. The number of aliphatic hydroxyl groups excluding tert-OH is 2. The van der Waals surface area contributed by atoms with E-state index in [0.717, 1.165) is 4.57 Å². The summed E-state index contributed by atoms with van der Waals surface area (Å²) < 4.78 is 18.6. The molecule has 1 unspecified atom stereocenters. The number of aliphatic hydroxyl groups is 2. The second-order valence-electron chi connectivity index (χ2n) is 9.30. The Balaban J connectivity index is 1.97. The highest BCUT2D eigenvalue weighted by molar-refractivity contribution is 14.1. The average Bonchev–Trinajstić information content (AvgIpc) is 3.14. The summed E-state index contributed by atoms with van der Waals surface area (Å²) in [6.45, 7) is 4.86. The van der Waals surface area contributed by atoms with Gasteiger partial charge in [-0.05, 0) is 34.1 Å². The van der Waals surface area contributed by atoms with Crippen molar-refractivity contribution in [2.24, 2.45) is 5.41 Å². The van der Waals surface area contributed by atoms with Crippen LogP contribution in [0.2, 0.25) is 0 Å². The minimum absolute atomic E-state index is 0.0523. The molecule has 0 aliphatic carbocycles. The largest absolute Gasteiger partial charge is 0.496 e. The number of nitrogens with one attached hydrogen (secondary N) is 1. The van der Waals surface area contributed by atoms with Crippen molar-refractivity contribution in [1.82, 2.24) is 9.55 Å². The van der Waals surface area contributed by atoms with E-state index in [-0.39, 0.29) is 29.8 Å². The molecule has 3 N–H and O–H groups in total. The van der Waals surface area contributed by atoms with E-state index in [9.17, 15) is 29.9 Å². The van der Waals surface area contributed by atoms with Gasteiger partial charge in [0, 0.05) is 18.7 Å². The van der Waals surface area contributed by atoms with Crippen molar-refractivity contribution >= 4 is 28.3 Å². The summed E-state index contributed by atoms with van der Waals surface area (Å²) in [6, 6.07) is 2.97. The molecule has 0 radical (unpaired) electrons. The Kier molecular flexibility index (Phi) is 8.36. The van der Waals surface area contributed by atoms with Crippen LogP contribution in [0.4, 0.5) is 5.69 Å². The van der Waals surface area contributed by atoms with Gasteiger partial charge in [0.25, 0.3) is 11.2 Å². The molecule has 1 aliphatic rings. The smallest absolute Gasteiger partial charge is 0.330 e. The third-order valence-corrected chi connectivity index (χ3v) is 6.55. The molecule has 12 nitrogen and oxygen atoms in total. The first-order valence-corrected chi connectivity index (χ1v) is 11.9. The minimum atomic E-state index is -0.967. The molecule has 0 spiro atoms. The molecular weight excluding hydrogens is 577 g/mol. The molecule has 0 amide bonds.